The predicted molar refractivity (Wildman–Crippen MR) is 218 cm³/mol. The summed E-state index contributed by atoms with van der Waals surface area (Å²) >= 11 is 0. The number of hydrogen-bond donors (Lipinski definition) is 7. The number of carbonyl (C=O) groups is 5. The van der Waals surface area contributed by atoms with Gasteiger partial charge in [0.25, 0.3) is 5.91 Å². The van der Waals surface area contributed by atoms with Gasteiger partial charge < -0.3 is 52.8 Å². The maximum absolute atomic E-state index is 14.6. The number of nitrogens with two attached hydrogens (primary N) is 3. The zero-order valence-electron chi connectivity index (χ0n) is 33.6. The number of carbonyl (C=O) groups excluding carboxylic acids is 5. The first-order chi connectivity index (χ1) is 27.8. The average Bonchev–Trinajstić information content (AvgIpc) is 3.20. The minimum absolute atomic E-state index is 0.0196. The van der Waals surface area contributed by atoms with Crippen LogP contribution in [0.15, 0.2) is 54.6 Å². The Morgan fingerprint density at radius 1 is 0.897 bits per heavy atom. The van der Waals surface area contributed by atoms with E-state index in [4.69, 9.17) is 31.9 Å². The van der Waals surface area contributed by atoms with Gasteiger partial charge in [0, 0.05) is 43.2 Å². The number of aryl methyl sites for hydroxylation is 2. The van der Waals surface area contributed by atoms with Crippen molar-refractivity contribution in [2.45, 2.75) is 70.6 Å². The van der Waals surface area contributed by atoms with Crippen LogP contribution in [0.3, 0.4) is 0 Å². The molecule has 1 heterocycles. The third-order valence-electron chi connectivity index (χ3n) is 9.73. The van der Waals surface area contributed by atoms with Crippen LogP contribution in [-0.4, -0.2) is 99.0 Å². The van der Waals surface area contributed by atoms with Crippen molar-refractivity contribution in [3.05, 3.63) is 82.4 Å². The molecule has 16 heteroatoms. The molecule has 0 saturated carbocycles. The monoisotopic (exact) mass is 797 g/mol. The smallest absolute Gasteiger partial charge is 0.252 e. The number of likely N-dealkylation sites (N-methyl/N-ethyl adjacent to an activating group) is 1. The van der Waals surface area contributed by atoms with Gasteiger partial charge in [0.15, 0.2) is 0 Å². The third-order valence-corrected chi connectivity index (χ3v) is 9.73. The van der Waals surface area contributed by atoms with Crippen LogP contribution in [0.4, 0.5) is 0 Å². The van der Waals surface area contributed by atoms with Gasteiger partial charge >= 0.3 is 0 Å². The van der Waals surface area contributed by atoms with Gasteiger partial charge in [0.05, 0.1) is 6.07 Å². The van der Waals surface area contributed by atoms with E-state index in [1.807, 2.05) is 32.0 Å². The molecule has 10 N–H and O–H groups in total. The summed E-state index contributed by atoms with van der Waals surface area (Å²) < 4.78 is 12.2. The van der Waals surface area contributed by atoms with E-state index >= 15 is 0 Å². The lowest BCUT2D eigenvalue weighted by Crippen LogP contribution is -2.56. The summed E-state index contributed by atoms with van der Waals surface area (Å²) in [5.74, 6) is -2.18. The van der Waals surface area contributed by atoms with Crippen molar-refractivity contribution in [1.29, 1.82) is 5.26 Å². The number of nitriles is 1. The molecule has 4 rings (SSSR count). The normalized spacial score (nSPS) is 17.0. The van der Waals surface area contributed by atoms with Gasteiger partial charge in [-0.1, -0.05) is 29.8 Å². The molecule has 0 aliphatic carbocycles. The van der Waals surface area contributed by atoms with Crippen LogP contribution in [0.2, 0.25) is 0 Å². The van der Waals surface area contributed by atoms with Crippen LogP contribution in [-0.2, 0) is 25.6 Å². The lowest BCUT2D eigenvalue weighted by atomic mass is 9.93. The second-order valence-electron chi connectivity index (χ2n) is 14.2. The Labute approximate surface area is 339 Å². The molecule has 0 saturated heterocycles. The molecule has 3 aromatic carbocycles. The fourth-order valence-corrected chi connectivity index (χ4v) is 6.76. The minimum Gasteiger partial charge on any atom is -0.492 e. The van der Waals surface area contributed by atoms with E-state index in [0.29, 0.717) is 58.7 Å². The number of nitrogens with zero attached hydrogens (tertiary/aromatic N) is 2. The van der Waals surface area contributed by atoms with Crippen molar-refractivity contribution >= 4 is 29.5 Å². The Kier molecular flexibility index (Phi) is 16.6. The first-order valence-electron chi connectivity index (χ1n) is 19.4. The van der Waals surface area contributed by atoms with Crippen LogP contribution in [0.5, 0.6) is 11.5 Å². The Morgan fingerprint density at radius 3 is 2.21 bits per heavy atom. The van der Waals surface area contributed by atoms with Crippen molar-refractivity contribution in [2.24, 2.45) is 17.2 Å². The topological polar surface area (TPSA) is 257 Å². The fraction of sp³-hybridized carbons (Fsp3) is 0.429. The zero-order valence-corrected chi connectivity index (χ0v) is 33.6. The summed E-state index contributed by atoms with van der Waals surface area (Å²) in [6.45, 7) is 6.03. The number of ether oxygens (including phenoxy) is 2. The molecule has 58 heavy (non-hydrogen) atoms. The standard InChI is InChI=1S/C42H55N9O7/c1-25-8-11-30(26(2)21-25)39(53)49-33(7-5-6-14-43)42(56)51(4)37-29-10-13-36(58-20-17-46)32(24-29)31-22-28(9-12-35(31)57-19-16-45)23-34(40(54)47-18-15-44)50-38(52)27(3)48-41(37)55/h8-13,21-22,24,27,33-34,37H,5-7,14,16-20,23,43,45-46H2,1-4H3,(H,47,54)(H,48,55)(H,49,53)(H,50,52)/t27-,33-,34-,37-/m0/s1. The van der Waals surface area contributed by atoms with Crippen LogP contribution < -0.4 is 47.9 Å². The Hall–Kier alpha value is -6.02. The highest BCUT2D eigenvalue weighted by Gasteiger charge is 2.36. The van der Waals surface area contributed by atoms with Gasteiger partial charge in [0.2, 0.25) is 23.6 Å². The van der Waals surface area contributed by atoms with E-state index < -0.39 is 53.7 Å². The lowest BCUT2D eigenvalue weighted by Gasteiger charge is -2.33. The minimum atomic E-state index is -1.34. The van der Waals surface area contributed by atoms with Crippen LogP contribution in [0.1, 0.15) is 64.8 Å². The quantitative estimate of drug-likeness (QED) is 0.0802. The molecule has 0 radical (unpaired) electrons. The van der Waals surface area contributed by atoms with Crippen LogP contribution in [0, 0.1) is 25.2 Å². The molecule has 0 unspecified atom stereocenters. The molecule has 0 spiro atoms. The van der Waals surface area contributed by atoms with Crippen molar-refractivity contribution in [3.8, 4) is 28.7 Å². The summed E-state index contributed by atoms with van der Waals surface area (Å²) in [4.78, 5) is 71.0. The number of benzene rings is 3. The molecular formula is C42H55N9O7. The lowest BCUT2D eigenvalue weighted by molar-refractivity contribution is -0.141. The summed E-state index contributed by atoms with van der Waals surface area (Å²) in [5.41, 5.74) is 21.5. The maximum Gasteiger partial charge on any atom is 0.252 e. The SMILES string of the molecule is Cc1ccc(C(=O)N[C@@H](CCCCN)C(=O)N(C)[C@@H]2C(=O)N[C@@H](C)C(=O)N[C@H](C(=O)NCC#N)Cc3ccc(OCCN)c(c3)-c3cc2ccc3OCCN)c(C)c1. The zero-order chi connectivity index (χ0) is 42.4. The van der Waals surface area contributed by atoms with Gasteiger partial charge in [-0.15, -0.1) is 0 Å². The van der Waals surface area contributed by atoms with E-state index in [2.05, 4.69) is 21.3 Å². The Bertz CT molecular complexity index is 2000. The molecule has 1 aliphatic rings. The number of hydrogen-bond acceptors (Lipinski definition) is 11. The van der Waals surface area contributed by atoms with Crippen molar-refractivity contribution < 1.29 is 33.4 Å². The van der Waals surface area contributed by atoms with Crippen LogP contribution in [0.25, 0.3) is 11.1 Å². The number of rotatable bonds is 16. The van der Waals surface area contributed by atoms with Crippen molar-refractivity contribution in [3.63, 3.8) is 0 Å². The molecule has 4 atom stereocenters. The van der Waals surface area contributed by atoms with Crippen LogP contribution >= 0.6 is 0 Å². The number of fused-ring (bicyclic) bond motifs is 5. The van der Waals surface area contributed by atoms with Gasteiger partial charge in [-0.2, -0.15) is 5.26 Å². The average molecular weight is 798 g/mol. The van der Waals surface area contributed by atoms with E-state index in [9.17, 15) is 24.0 Å². The van der Waals surface area contributed by atoms with Gasteiger partial charge in [-0.25, -0.2) is 0 Å². The van der Waals surface area contributed by atoms with E-state index in [0.717, 1.165) is 11.1 Å². The van der Waals surface area contributed by atoms with Gasteiger partial charge in [-0.3, -0.25) is 24.0 Å². The molecule has 310 valence electrons. The molecule has 3 aromatic rings. The summed E-state index contributed by atoms with van der Waals surface area (Å²) in [6, 6.07) is 12.8. The number of nitrogens with one attached hydrogen (secondary N) is 4. The number of amides is 5. The maximum atomic E-state index is 14.6. The summed E-state index contributed by atoms with van der Waals surface area (Å²) in [5, 5.41) is 20.0. The summed E-state index contributed by atoms with van der Waals surface area (Å²) in [6.07, 6.45) is 1.38. The third kappa shape index (κ3) is 11.5. The first-order valence-corrected chi connectivity index (χ1v) is 19.4. The Balaban J connectivity index is 1.89. The molecule has 0 fully saturated rings. The highest BCUT2D eigenvalue weighted by molar-refractivity contribution is 6.00. The van der Waals surface area contributed by atoms with Crippen molar-refractivity contribution in [2.75, 3.05) is 46.4 Å². The highest BCUT2D eigenvalue weighted by Crippen LogP contribution is 2.40. The van der Waals surface area contributed by atoms with Gasteiger partial charge in [0.1, 0.15) is 55.4 Å². The second kappa shape index (κ2) is 21.5. The fourth-order valence-electron chi connectivity index (χ4n) is 6.76. The first kappa shape index (κ1) is 44.7. The predicted octanol–water partition coefficient (Wildman–Crippen LogP) is 1.26. The highest BCUT2D eigenvalue weighted by atomic mass is 16.5. The van der Waals surface area contributed by atoms with E-state index in [1.54, 1.807) is 42.5 Å². The second-order valence-corrected chi connectivity index (χ2v) is 14.2. The van der Waals surface area contributed by atoms with Crippen molar-refractivity contribution in [1.82, 2.24) is 26.2 Å². The van der Waals surface area contributed by atoms with E-state index in [1.165, 1.54) is 18.9 Å². The van der Waals surface area contributed by atoms with Gasteiger partial charge in [-0.05, 0) is 93.6 Å². The largest absolute Gasteiger partial charge is 0.492 e. The molecule has 1 aliphatic heterocycles. The number of unbranched alkanes of at least 4 members (excludes halogenated alkanes) is 1. The van der Waals surface area contributed by atoms with E-state index in [-0.39, 0.29) is 45.7 Å². The molecule has 5 amide bonds. The molecule has 0 aromatic heterocycles. The molecule has 4 bridgehead atoms. The molecular weight excluding hydrogens is 743 g/mol. The summed E-state index contributed by atoms with van der Waals surface area (Å²) in [7, 11) is 1.46. The molecule has 16 nitrogen and oxygen atoms in total. The Morgan fingerprint density at radius 2 is 1.57 bits per heavy atom.